The van der Waals surface area contributed by atoms with Crippen LogP contribution in [-0.2, 0) is 9.84 Å². The van der Waals surface area contributed by atoms with Crippen LogP contribution >= 0.6 is 0 Å². The van der Waals surface area contributed by atoms with Crippen LogP contribution in [0.3, 0.4) is 0 Å². The average Bonchev–Trinajstić information content (AvgIpc) is 2.03. The van der Waals surface area contributed by atoms with Gasteiger partial charge in [-0.2, -0.15) is 5.26 Å². The van der Waals surface area contributed by atoms with E-state index in [1.807, 2.05) is 6.92 Å². The van der Waals surface area contributed by atoms with Crippen LogP contribution in [0.4, 0.5) is 0 Å². The summed E-state index contributed by atoms with van der Waals surface area (Å²) in [5.41, 5.74) is 0. The molecule has 3 nitrogen and oxygen atoms in total. The van der Waals surface area contributed by atoms with E-state index in [-0.39, 0.29) is 5.75 Å². The van der Waals surface area contributed by atoms with Crippen LogP contribution in [0.2, 0.25) is 0 Å². The third kappa shape index (κ3) is 3.72. The van der Waals surface area contributed by atoms with Crippen LogP contribution in [0, 0.1) is 11.3 Å². The van der Waals surface area contributed by atoms with Crippen molar-refractivity contribution in [2.75, 3.05) is 5.75 Å². The zero-order valence-electron chi connectivity index (χ0n) is 7.58. The van der Waals surface area contributed by atoms with Gasteiger partial charge in [-0.15, -0.1) is 0 Å². The smallest absolute Gasteiger partial charge is 0.166 e. The summed E-state index contributed by atoms with van der Waals surface area (Å²) in [4.78, 5) is 0. The van der Waals surface area contributed by atoms with Gasteiger partial charge >= 0.3 is 0 Å². The van der Waals surface area contributed by atoms with Crippen LogP contribution in [0.1, 0.15) is 33.1 Å². The van der Waals surface area contributed by atoms with Crippen LogP contribution in [0.15, 0.2) is 0 Å². The summed E-state index contributed by atoms with van der Waals surface area (Å²) in [5.74, 6) is 0.148. The van der Waals surface area contributed by atoms with Crippen molar-refractivity contribution in [3.05, 3.63) is 0 Å². The molecule has 0 bridgehead atoms. The predicted octanol–water partition coefficient (Wildman–Crippen LogP) is 1.50. The Morgan fingerprint density at radius 2 is 2.00 bits per heavy atom. The molecule has 0 spiro atoms. The lowest BCUT2D eigenvalue weighted by atomic mass is 10.3. The highest BCUT2D eigenvalue weighted by molar-refractivity contribution is 7.92. The largest absolute Gasteiger partial charge is 0.227 e. The van der Waals surface area contributed by atoms with Gasteiger partial charge in [-0.3, -0.25) is 0 Å². The van der Waals surface area contributed by atoms with Crippen molar-refractivity contribution < 1.29 is 8.42 Å². The standard InChI is InChI=1S/C8H15NO2S/c1-3-4-5-6-12(10,11)8(2)7-9/h8H,3-6H2,1-2H3. The quantitative estimate of drug-likeness (QED) is 0.616. The van der Waals surface area contributed by atoms with Gasteiger partial charge in [0.05, 0.1) is 11.8 Å². The van der Waals surface area contributed by atoms with Crippen molar-refractivity contribution in [3.8, 4) is 6.07 Å². The third-order valence-electron chi connectivity index (χ3n) is 1.75. The second-order valence-electron chi connectivity index (χ2n) is 2.85. The number of nitriles is 1. The maximum atomic E-state index is 11.2. The Morgan fingerprint density at radius 1 is 1.42 bits per heavy atom. The molecule has 0 aromatic carbocycles. The molecule has 0 amide bonds. The molecule has 0 aliphatic heterocycles. The Kier molecular flexibility index (Phi) is 4.91. The molecule has 70 valence electrons. The minimum Gasteiger partial charge on any atom is -0.227 e. The molecule has 0 aromatic heterocycles. The van der Waals surface area contributed by atoms with Gasteiger partial charge in [0.25, 0.3) is 0 Å². The first kappa shape index (κ1) is 11.4. The van der Waals surface area contributed by atoms with Gasteiger partial charge < -0.3 is 0 Å². The summed E-state index contributed by atoms with van der Waals surface area (Å²) < 4.78 is 22.4. The van der Waals surface area contributed by atoms with Crippen molar-refractivity contribution in [1.29, 1.82) is 5.26 Å². The molecule has 0 aliphatic carbocycles. The predicted molar refractivity (Wildman–Crippen MR) is 48.4 cm³/mol. The zero-order valence-corrected chi connectivity index (χ0v) is 8.39. The van der Waals surface area contributed by atoms with E-state index >= 15 is 0 Å². The minimum atomic E-state index is -3.14. The molecule has 0 aliphatic rings. The van der Waals surface area contributed by atoms with E-state index in [2.05, 4.69) is 0 Å². The number of nitrogens with zero attached hydrogens (tertiary/aromatic N) is 1. The van der Waals surface area contributed by atoms with Gasteiger partial charge in [-0.05, 0) is 13.3 Å². The minimum absolute atomic E-state index is 0.148. The number of sulfone groups is 1. The van der Waals surface area contributed by atoms with Crippen molar-refractivity contribution >= 4 is 9.84 Å². The lowest BCUT2D eigenvalue weighted by Crippen LogP contribution is -2.19. The molecule has 0 saturated heterocycles. The number of unbranched alkanes of at least 4 members (excludes halogenated alkanes) is 2. The molecule has 0 aromatic rings. The van der Waals surface area contributed by atoms with Crippen LogP contribution in [0.25, 0.3) is 0 Å². The van der Waals surface area contributed by atoms with E-state index < -0.39 is 15.1 Å². The van der Waals surface area contributed by atoms with Gasteiger partial charge in [0, 0.05) is 0 Å². The monoisotopic (exact) mass is 189 g/mol. The van der Waals surface area contributed by atoms with Gasteiger partial charge in [0.1, 0.15) is 5.25 Å². The van der Waals surface area contributed by atoms with Crippen LogP contribution < -0.4 is 0 Å². The van der Waals surface area contributed by atoms with Crippen LogP contribution in [0.5, 0.6) is 0 Å². The first-order valence-corrected chi connectivity index (χ1v) is 5.87. The Labute approximate surface area is 74.3 Å². The van der Waals surface area contributed by atoms with E-state index in [1.54, 1.807) is 6.07 Å². The summed E-state index contributed by atoms with van der Waals surface area (Å²) in [6, 6.07) is 1.74. The molecule has 1 unspecified atom stereocenters. The molecule has 0 heterocycles. The van der Waals surface area contributed by atoms with E-state index in [9.17, 15) is 8.42 Å². The lowest BCUT2D eigenvalue weighted by molar-refractivity contribution is 0.587. The Bertz CT molecular complexity index is 251. The molecule has 0 radical (unpaired) electrons. The van der Waals surface area contributed by atoms with Crippen molar-refractivity contribution in [2.45, 2.75) is 38.4 Å². The topological polar surface area (TPSA) is 57.9 Å². The van der Waals surface area contributed by atoms with Crippen molar-refractivity contribution in [3.63, 3.8) is 0 Å². The lowest BCUT2D eigenvalue weighted by Gasteiger charge is -2.03. The maximum Gasteiger partial charge on any atom is 0.166 e. The number of rotatable bonds is 5. The highest BCUT2D eigenvalue weighted by atomic mass is 32.2. The molecule has 0 rings (SSSR count). The Hall–Kier alpha value is -0.560. The molecular weight excluding hydrogens is 174 g/mol. The SMILES string of the molecule is CCCCCS(=O)(=O)C(C)C#N. The summed E-state index contributed by atoms with van der Waals surface area (Å²) >= 11 is 0. The first-order chi connectivity index (χ1) is 5.54. The number of hydrogen-bond acceptors (Lipinski definition) is 3. The van der Waals surface area contributed by atoms with E-state index in [0.29, 0.717) is 6.42 Å². The van der Waals surface area contributed by atoms with Crippen molar-refractivity contribution in [1.82, 2.24) is 0 Å². The first-order valence-electron chi connectivity index (χ1n) is 4.15. The molecule has 0 saturated carbocycles. The second kappa shape index (κ2) is 5.15. The van der Waals surface area contributed by atoms with Crippen LogP contribution in [-0.4, -0.2) is 19.4 Å². The number of hydrogen-bond donors (Lipinski definition) is 0. The molecular formula is C8H15NO2S. The average molecular weight is 189 g/mol. The zero-order chi connectivity index (χ0) is 9.61. The van der Waals surface area contributed by atoms with E-state index in [0.717, 1.165) is 12.8 Å². The van der Waals surface area contributed by atoms with Crippen molar-refractivity contribution in [2.24, 2.45) is 0 Å². The Balaban J connectivity index is 3.99. The summed E-state index contributed by atoms with van der Waals surface area (Å²) in [6.07, 6.45) is 2.58. The summed E-state index contributed by atoms with van der Waals surface area (Å²) in [7, 11) is -3.14. The molecule has 1 atom stereocenters. The summed E-state index contributed by atoms with van der Waals surface area (Å²) in [5, 5.41) is 7.55. The highest BCUT2D eigenvalue weighted by Gasteiger charge is 2.18. The normalized spacial score (nSPS) is 13.8. The third-order valence-corrected chi connectivity index (χ3v) is 3.79. The Morgan fingerprint density at radius 3 is 2.42 bits per heavy atom. The van der Waals surface area contributed by atoms with Gasteiger partial charge in [-0.1, -0.05) is 19.8 Å². The van der Waals surface area contributed by atoms with E-state index in [1.165, 1.54) is 6.92 Å². The summed E-state index contributed by atoms with van der Waals surface area (Å²) in [6.45, 7) is 3.45. The highest BCUT2D eigenvalue weighted by Crippen LogP contribution is 2.05. The fourth-order valence-electron chi connectivity index (χ4n) is 0.810. The fraction of sp³-hybridized carbons (Fsp3) is 0.875. The fourth-order valence-corrected chi connectivity index (χ4v) is 1.93. The maximum absolute atomic E-state index is 11.2. The van der Waals surface area contributed by atoms with E-state index in [4.69, 9.17) is 5.26 Å². The van der Waals surface area contributed by atoms with Gasteiger partial charge in [-0.25, -0.2) is 8.42 Å². The molecule has 4 heteroatoms. The van der Waals surface area contributed by atoms with Gasteiger partial charge in [0.2, 0.25) is 0 Å². The molecule has 0 N–H and O–H groups in total. The molecule has 12 heavy (non-hydrogen) atoms. The molecule has 0 fully saturated rings. The second-order valence-corrected chi connectivity index (χ2v) is 5.29. The van der Waals surface area contributed by atoms with Gasteiger partial charge in [0.15, 0.2) is 9.84 Å².